The van der Waals surface area contributed by atoms with Crippen molar-refractivity contribution >= 4 is 29.2 Å². The zero-order chi connectivity index (χ0) is 20.4. The minimum absolute atomic E-state index is 0.0518. The number of hydrogen-bond acceptors (Lipinski definition) is 4. The smallest absolute Gasteiger partial charge is 0.408 e. The number of nitrogens with one attached hydrogen (secondary N) is 3. The summed E-state index contributed by atoms with van der Waals surface area (Å²) in [6.07, 6.45) is 0.127. The molecule has 6 nitrogen and oxygen atoms in total. The van der Waals surface area contributed by atoms with Crippen LogP contribution in [-0.2, 0) is 16.1 Å². The van der Waals surface area contributed by atoms with Crippen molar-refractivity contribution in [2.75, 3.05) is 6.54 Å². The van der Waals surface area contributed by atoms with Gasteiger partial charge in [0.2, 0.25) is 5.91 Å². The van der Waals surface area contributed by atoms with E-state index in [0.717, 1.165) is 5.56 Å². The number of benzene rings is 1. The molecule has 0 fully saturated rings. The molecule has 0 aliphatic heterocycles. The molecule has 0 bridgehead atoms. The van der Waals surface area contributed by atoms with Gasteiger partial charge in [-0.3, -0.25) is 4.79 Å². The summed E-state index contributed by atoms with van der Waals surface area (Å²) in [4.78, 5) is 24.5. The lowest BCUT2D eigenvalue weighted by atomic mass is 10.0. The molecule has 1 rings (SSSR count). The van der Waals surface area contributed by atoms with Crippen LogP contribution in [0.4, 0.5) is 4.79 Å². The van der Waals surface area contributed by atoms with Crippen molar-refractivity contribution in [2.24, 2.45) is 5.92 Å². The zero-order valence-corrected chi connectivity index (χ0v) is 17.6. The van der Waals surface area contributed by atoms with Crippen molar-refractivity contribution in [1.29, 1.82) is 0 Å². The molecule has 0 saturated carbocycles. The average molecular weight is 394 g/mol. The summed E-state index contributed by atoms with van der Waals surface area (Å²) in [5.41, 5.74) is 0.441. The Labute approximate surface area is 167 Å². The third-order valence-corrected chi connectivity index (χ3v) is 3.90. The van der Waals surface area contributed by atoms with Crippen LogP contribution in [0.2, 0.25) is 0 Å². The van der Waals surface area contributed by atoms with E-state index < -0.39 is 17.7 Å². The largest absolute Gasteiger partial charge is 0.444 e. The summed E-state index contributed by atoms with van der Waals surface area (Å²) in [6.45, 7) is 10.0. The Bertz CT molecular complexity index is 627. The monoisotopic (exact) mass is 393 g/mol. The summed E-state index contributed by atoms with van der Waals surface area (Å²) in [6, 6.07) is 9.28. The SMILES string of the molecule is CC(C)C[C@H](NC(=O)OC(C)(C)C)C(=S)NCC(=O)NCc1ccccc1. The highest BCUT2D eigenvalue weighted by atomic mass is 32.1. The lowest BCUT2D eigenvalue weighted by Crippen LogP contribution is -2.49. The van der Waals surface area contributed by atoms with Gasteiger partial charge in [0, 0.05) is 6.54 Å². The molecular weight excluding hydrogens is 362 g/mol. The van der Waals surface area contributed by atoms with E-state index in [-0.39, 0.29) is 12.5 Å². The molecule has 0 unspecified atom stereocenters. The summed E-state index contributed by atoms with van der Waals surface area (Å²) in [5.74, 6) is 0.151. The van der Waals surface area contributed by atoms with E-state index in [9.17, 15) is 9.59 Å². The molecule has 1 atom stereocenters. The van der Waals surface area contributed by atoms with Crippen molar-refractivity contribution in [3.63, 3.8) is 0 Å². The highest BCUT2D eigenvalue weighted by molar-refractivity contribution is 7.80. The Morgan fingerprint density at radius 3 is 2.30 bits per heavy atom. The number of carbonyl (C=O) groups is 2. The van der Waals surface area contributed by atoms with Crippen molar-refractivity contribution in [3.05, 3.63) is 35.9 Å². The summed E-state index contributed by atoms with van der Waals surface area (Å²) >= 11 is 5.39. The molecule has 1 aromatic carbocycles. The summed E-state index contributed by atoms with van der Waals surface area (Å²) < 4.78 is 5.30. The van der Waals surface area contributed by atoms with E-state index in [1.807, 2.05) is 44.2 Å². The van der Waals surface area contributed by atoms with Crippen molar-refractivity contribution < 1.29 is 14.3 Å². The summed E-state index contributed by atoms with van der Waals surface area (Å²) in [5, 5.41) is 8.56. The quantitative estimate of drug-likeness (QED) is 0.591. The van der Waals surface area contributed by atoms with Crippen LogP contribution < -0.4 is 16.0 Å². The van der Waals surface area contributed by atoms with E-state index in [0.29, 0.717) is 23.9 Å². The van der Waals surface area contributed by atoms with Gasteiger partial charge in [-0.1, -0.05) is 56.4 Å². The maximum atomic E-state index is 12.1. The molecule has 0 saturated heterocycles. The molecular formula is C20H31N3O3S. The van der Waals surface area contributed by atoms with Gasteiger partial charge in [0.25, 0.3) is 0 Å². The maximum absolute atomic E-state index is 12.1. The lowest BCUT2D eigenvalue weighted by Gasteiger charge is -2.25. The zero-order valence-electron chi connectivity index (χ0n) is 16.8. The Balaban J connectivity index is 2.50. The molecule has 1 aromatic rings. The first-order valence-corrected chi connectivity index (χ1v) is 9.55. The van der Waals surface area contributed by atoms with E-state index in [1.54, 1.807) is 20.8 Å². The summed E-state index contributed by atoms with van der Waals surface area (Å²) in [7, 11) is 0. The van der Waals surface area contributed by atoms with Gasteiger partial charge >= 0.3 is 6.09 Å². The molecule has 3 N–H and O–H groups in total. The average Bonchev–Trinajstić information content (AvgIpc) is 2.56. The van der Waals surface area contributed by atoms with Gasteiger partial charge in [-0.15, -0.1) is 0 Å². The number of ether oxygens (including phenoxy) is 1. The molecule has 7 heteroatoms. The van der Waals surface area contributed by atoms with Crippen molar-refractivity contribution in [2.45, 2.75) is 59.2 Å². The van der Waals surface area contributed by atoms with E-state index >= 15 is 0 Å². The van der Waals surface area contributed by atoms with Crippen LogP contribution in [0.15, 0.2) is 30.3 Å². The Morgan fingerprint density at radius 1 is 1.11 bits per heavy atom. The third kappa shape index (κ3) is 10.6. The van der Waals surface area contributed by atoms with Crippen molar-refractivity contribution in [1.82, 2.24) is 16.0 Å². The normalized spacial score (nSPS) is 12.2. The van der Waals surface area contributed by atoms with Gasteiger partial charge in [-0.25, -0.2) is 4.79 Å². The van der Waals surface area contributed by atoms with Crippen LogP contribution in [0.5, 0.6) is 0 Å². The Hall–Kier alpha value is -2.15. The number of rotatable bonds is 8. The molecule has 150 valence electrons. The van der Waals surface area contributed by atoms with E-state index in [2.05, 4.69) is 16.0 Å². The molecule has 0 heterocycles. The number of thiocarbonyl (C=S) groups is 1. The van der Waals surface area contributed by atoms with E-state index in [4.69, 9.17) is 17.0 Å². The number of amides is 2. The van der Waals surface area contributed by atoms with Crippen LogP contribution >= 0.6 is 12.2 Å². The Morgan fingerprint density at radius 2 is 1.74 bits per heavy atom. The second-order valence-electron chi connectivity index (χ2n) is 7.81. The first-order valence-electron chi connectivity index (χ1n) is 9.14. The predicted octanol–water partition coefficient (Wildman–Crippen LogP) is 3.16. The highest BCUT2D eigenvalue weighted by Crippen LogP contribution is 2.10. The minimum atomic E-state index is -0.584. The van der Waals surface area contributed by atoms with Crippen LogP contribution in [0.3, 0.4) is 0 Å². The van der Waals surface area contributed by atoms with Gasteiger partial charge in [0.15, 0.2) is 0 Å². The van der Waals surface area contributed by atoms with Crippen LogP contribution in [0, 0.1) is 5.92 Å². The molecule has 0 spiro atoms. The number of alkyl carbamates (subject to hydrolysis) is 1. The molecule has 0 aliphatic carbocycles. The number of hydrogen-bond donors (Lipinski definition) is 3. The molecule has 0 aromatic heterocycles. The molecule has 27 heavy (non-hydrogen) atoms. The second kappa shape index (κ2) is 10.9. The predicted molar refractivity (Wildman–Crippen MR) is 112 cm³/mol. The van der Waals surface area contributed by atoms with Crippen LogP contribution in [-0.4, -0.2) is 35.2 Å². The van der Waals surface area contributed by atoms with Crippen LogP contribution in [0.1, 0.15) is 46.6 Å². The molecule has 0 radical (unpaired) electrons. The fraction of sp³-hybridized carbons (Fsp3) is 0.550. The fourth-order valence-electron chi connectivity index (χ4n) is 2.30. The Kier molecular flexibility index (Phi) is 9.21. The highest BCUT2D eigenvalue weighted by Gasteiger charge is 2.23. The van der Waals surface area contributed by atoms with Gasteiger partial charge < -0.3 is 20.7 Å². The minimum Gasteiger partial charge on any atom is -0.444 e. The van der Waals surface area contributed by atoms with Gasteiger partial charge in [0.1, 0.15) is 5.60 Å². The van der Waals surface area contributed by atoms with Gasteiger partial charge in [-0.05, 0) is 38.7 Å². The maximum Gasteiger partial charge on any atom is 0.408 e. The van der Waals surface area contributed by atoms with Gasteiger partial charge in [-0.2, -0.15) is 0 Å². The molecule has 0 aliphatic rings. The number of carbonyl (C=O) groups excluding carboxylic acids is 2. The standard InChI is InChI=1S/C20H31N3O3S/c1-14(2)11-16(23-19(25)26-20(3,4)5)18(27)22-13-17(24)21-12-15-9-7-6-8-10-15/h6-10,14,16H,11-13H2,1-5H3,(H,21,24)(H,22,27)(H,23,25)/t16-/m0/s1. The topological polar surface area (TPSA) is 79.5 Å². The first-order chi connectivity index (χ1) is 12.6. The van der Waals surface area contributed by atoms with E-state index in [1.165, 1.54) is 0 Å². The van der Waals surface area contributed by atoms with Crippen LogP contribution in [0.25, 0.3) is 0 Å². The fourth-order valence-corrected chi connectivity index (χ4v) is 2.53. The van der Waals surface area contributed by atoms with Gasteiger partial charge in [0.05, 0.1) is 17.6 Å². The third-order valence-electron chi connectivity index (χ3n) is 3.47. The van der Waals surface area contributed by atoms with Crippen molar-refractivity contribution in [3.8, 4) is 0 Å². The molecule has 2 amide bonds. The lowest BCUT2D eigenvalue weighted by molar-refractivity contribution is -0.120. The second-order valence-corrected chi connectivity index (χ2v) is 8.25. The first kappa shape index (κ1) is 22.9.